The first-order valence-corrected chi connectivity index (χ1v) is 6.02. The van der Waals surface area contributed by atoms with Gasteiger partial charge in [0.15, 0.2) is 0 Å². The van der Waals surface area contributed by atoms with Crippen LogP contribution in [0.25, 0.3) is 0 Å². The summed E-state index contributed by atoms with van der Waals surface area (Å²) >= 11 is 0. The van der Waals surface area contributed by atoms with Crippen molar-refractivity contribution in [1.82, 2.24) is 15.2 Å². The number of halogens is 3. The maximum atomic E-state index is 10.6. The molecule has 8 heteroatoms. The summed E-state index contributed by atoms with van der Waals surface area (Å²) in [5.41, 5.74) is 1.17. The predicted molar refractivity (Wildman–Crippen MR) is 66.1 cm³/mol. The quantitative estimate of drug-likeness (QED) is 0.855. The van der Waals surface area contributed by atoms with E-state index in [1.165, 1.54) is 5.69 Å². The molecule has 1 aliphatic rings. The number of rotatable bonds is 2. The Bertz CT molecular complexity index is 406. The maximum absolute atomic E-state index is 10.6. The molecule has 0 amide bonds. The van der Waals surface area contributed by atoms with Gasteiger partial charge in [-0.3, -0.25) is 9.88 Å². The predicted octanol–water partition coefficient (Wildman–Crippen LogP) is 1.12. The number of nitrogens with zero attached hydrogens (tertiary/aromatic N) is 2. The minimum Gasteiger partial charge on any atom is -0.475 e. The highest BCUT2D eigenvalue weighted by Crippen LogP contribution is 2.13. The van der Waals surface area contributed by atoms with Gasteiger partial charge < -0.3 is 10.4 Å². The van der Waals surface area contributed by atoms with Crippen LogP contribution < -0.4 is 5.32 Å². The third-order valence-electron chi connectivity index (χ3n) is 2.56. The van der Waals surface area contributed by atoms with Crippen LogP contribution in [-0.2, 0) is 11.3 Å². The van der Waals surface area contributed by atoms with Crippen LogP contribution in [-0.4, -0.2) is 53.3 Å². The summed E-state index contributed by atoms with van der Waals surface area (Å²) in [7, 11) is 0. The van der Waals surface area contributed by atoms with Crippen molar-refractivity contribution >= 4 is 5.97 Å². The molecule has 2 rings (SSSR count). The Morgan fingerprint density at radius 1 is 1.35 bits per heavy atom. The van der Waals surface area contributed by atoms with Crippen LogP contribution in [0.15, 0.2) is 24.4 Å². The molecular formula is C12H16F3N3O2. The fourth-order valence-electron chi connectivity index (χ4n) is 1.59. The van der Waals surface area contributed by atoms with Gasteiger partial charge >= 0.3 is 12.1 Å². The molecule has 0 spiro atoms. The second-order valence-corrected chi connectivity index (χ2v) is 4.15. The molecule has 0 unspecified atom stereocenters. The Balaban J connectivity index is 0.000000246. The van der Waals surface area contributed by atoms with Gasteiger partial charge in [0, 0.05) is 38.9 Å². The number of carboxylic acids is 1. The standard InChI is InChI=1S/C10H15N3.C2HF3O2/c1-2-4-12-10(3-1)9-13-7-5-11-6-8-13;3-2(4,5)1(6)7/h1-4,11H,5-9H2;(H,6,7). The van der Waals surface area contributed by atoms with Crippen molar-refractivity contribution < 1.29 is 23.1 Å². The SMILES string of the molecule is O=C(O)C(F)(F)F.c1ccc(CN2CCNCC2)nc1. The number of piperazine rings is 1. The van der Waals surface area contributed by atoms with E-state index in [2.05, 4.69) is 21.3 Å². The molecule has 0 aliphatic carbocycles. The Kier molecular flexibility index (Phi) is 6.40. The Morgan fingerprint density at radius 2 is 1.95 bits per heavy atom. The lowest BCUT2D eigenvalue weighted by molar-refractivity contribution is -0.192. The highest BCUT2D eigenvalue weighted by atomic mass is 19.4. The zero-order valence-corrected chi connectivity index (χ0v) is 10.7. The lowest BCUT2D eigenvalue weighted by atomic mass is 10.3. The van der Waals surface area contributed by atoms with Gasteiger partial charge in [-0.05, 0) is 12.1 Å². The number of carboxylic acid groups (broad SMARTS) is 1. The monoisotopic (exact) mass is 291 g/mol. The fraction of sp³-hybridized carbons (Fsp3) is 0.500. The molecule has 112 valence electrons. The Hall–Kier alpha value is -1.67. The molecule has 1 aliphatic heterocycles. The molecule has 1 aromatic rings. The number of hydrogen-bond acceptors (Lipinski definition) is 4. The second-order valence-electron chi connectivity index (χ2n) is 4.15. The third kappa shape index (κ3) is 6.48. The van der Waals surface area contributed by atoms with E-state index in [-0.39, 0.29) is 0 Å². The number of hydrogen-bond donors (Lipinski definition) is 2. The van der Waals surface area contributed by atoms with Crippen LogP contribution in [0.3, 0.4) is 0 Å². The van der Waals surface area contributed by atoms with Gasteiger partial charge in [0.05, 0.1) is 5.69 Å². The van der Waals surface area contributed by atoms with Gasteiger partial charge in [-0.2, -0.15) is 13.2 Å². The van der Waals surface area contributed by atoms with E-state index in [9.17, 15) is 13.2 Å². The third-order valence-corrected chi connectivity index (χ3v) is 2.56. The summed E-state index contributed by atoms with van der Waals surface area (Å²) in [6, 6.07) is 6.09. The van der Waals surface area contributed by atoms with Crippen LogP contribution in [0.2, 0.25) is 0 Å². The van der Waals surface area contributed by atoms with E-state index < -0.39 is 12.1 Å². The number of pyridine rings is 1. The van der Waals surface area contributed by atoms with Gasteiger partial charge in [0.25, 0.3) is 0 Å². The molecule has 0 atom stereocenters. The van der Waals surface area contributed by atoms with Crippen molar-refractivity contribution in [2.24, 2.45) is 0 Å². The van der Waals surface area contributed by atoms with Gasteiger partial charge in [0.2, 0.25) is 0 Å². The summed E-state index contributed by atoms with van der Waals surface area (Å²) in [6.07, 6.45) is -3.22. The summed E-state index contributed by atoms with van der Waals surface area (Å²) in [6.45, 7) is 5.47. The van der Waals surface area contributed by atoms with Crippen molar-refractivity contribution in [2.45, 2.75) is 12.7 Å². The van der Waals surface area contributed by atoms with Gasteiger partial charge in [-0.15, -0.1) is 0 Å². The normalized spacial score (nSPS) is 16.1. The van der Waals surface area contributed by atoms with E-state index in [4.69, 9.17) is 9.90 Å². The molecule has 0 bridgehead atoms. The lowest BCUT2D eigenvalue weighted by Gasteiger charge is -2.26. The van der Waals surface area contributed by atoms with Crippen LogP contribution in [0.5, 0.6) is 0 Å². The fourth-order valence-corrected chi connectivity index (χ4v) is 1.59. The molecule has 0 saturated carbocycles. The molecule has 1 aromatic heterocycles. The number of aromatic nitrogens is 1. The van der Waals surface area contributed by atoms with Crippen LogP contribution in [0, 0.1) is 0 Å². The van der Waals surface area contributed by atoms with E-state index in [1.807, 2.05) is 18.3 Å². The van der Waals surface area contributed by atoms with Crippen molar-refractivity contribution in [2.75, 3.05) is 26.2 Å². The van der Waals surface area contributed by atoms with Gasteiger partial charge in [0.1, 0.15) is 0 Å². The van der Waals surface area contributed by atoms with E-state index >= 15 is 0 Å². The molecular weight excluding hydrogens is 275 g/mol. The first-order valence-electron chi connectivity index (χ1n) is 6.02. The van der Waals surface area contributed by atoms with Crippen LogP contribution in [0.4, 0.5) is 13.2 Å². The smallest absolute Gasteiger partial charge is 0.475 e. The van der Waals surface area contributed by atoms with E-state index in [0.29, 0.717) is 0 Å². The van der Waals surface area contributed by atoms with Gasteiger partial charge in [-0.25, -0.2) is 4.79 Å². The van der Waals surface area contributed by atoms with Crippen LogP contribution in [0.1, 0.15) is 5.69 Å². The van der Waals surface area contributed by atoms with E-state index in [1.54, 1.807) is 0 Å². The second kappa shape index (κ2) is 7.81. The number of carbonyl (C=O) groups is 1. The summed E-state index contributed by atoms with van der Waals surface area (Å²) in [5, 5.41) is 10.5. The molecule has 2 heterocycles. The highest BCUT2D eigenvalue weighted by molar-refractivity contribution is 5.73. The molecule has 5 nitrogen and oxygen atoms in total. The van der Waals surface area contributed by atoms with Gasteiger partial charge in [-0.1, -0.05) is 6.07 Å². The zero-order valence-electron chi connectivity index (χ0n) is 10.7. The molecule has 1 saturated heterocycles. The Labute approximate surface area is 114 Å². The number of alkyl halides is 3. The average Bonchev–Trinajstić information content (AvgIpc) is 2.40. The molecule has 20 heavy (non-hydrogen) atoms. The molecule has 0 radical (unpaired) electrons. The molecule has 1 fully saturated rings. The number of aliphatic carboxylic acids is 1. The van der Waals surface area contributed by atoms with Crippen molar-refractivity contribution in [3.8, 4) is 0 Å². The lowest BCUT2D eigenvalue weighted by Crippen LogP contribution is -2.43. The summed E-state index contributed by atoms with van der Waals surface area (Å²) in [4.78, 5) is 15.6. The summed E-state index contributed by atoms with van der Waals surface area (Å²) in [5.74, 6) is -2.76. The highest BCUT2D eigenvalue weighted by Gasteiger charge is 2.38. The number of nitrogens with one attached hydrogen (secondary N) is 1. The largest absolute Gasteiger partial charge is 0.490 e. The minimum atomic E-state index is -5.08. The van der Waals surface area contributed by atoms with E-state index in [0.717, 1.165) is 32.7 Å². The zero-order chi connectivity index (χ0) is 15.0. The summed E-state index contributed by atoms with van der Waals surface area (Å²) < 4.78 is 31.7. The first kappa shape index (κ1) is 16.4. The maximum Gasteiger partial charge on any atom is 0.490 e. The Morgan fingerprint density at radius 3 is 2.40 bits per heavy atom. The topological polar surface area (TPSA) is 65.5 Å². The molecule has 2 N–H and O–H groups in total. The van der Waals surface area contributed by atoms with Crippen LogP contribution >= 0.6 is 0 Å². The minimum absolute atomic E-state index is 0.989. The average molecular weight is 291 g/mol. The molecule has 0 aromatic carbocycles. The van der Waals surface area contributed by atoms with Crippen molar-refractivity contribution in [3.05, 3.63) is 30.1 Å². The van der Waals surface area contributed by atoms with Crippen molar-refractivity contribution in [3.63, 3.8) is 0 Å². The van der Waals surface area contributed by atoms with Crippen molar-refractivity contribution in [1.29, 1.82) is 0 Å². The first-order chi connectivity index (χ1) is 9.39.